The molecule has 0 bridgehead atoms. The molecule has 0 aliphatic heterocycles. The molecule has 216 valence electrons. The predicted octanol–water partition coefficient (Wildman–Crippen LogP) is -2.01. The lowest BCUT2D eigenvalue weighted by Gasteiger charge is -2.26. The van der Waals surface area contributed by atoms with Crippen LogP contribution in [-0.2, 0) is 30.4 Å². The van der Waals surface area contributed by atoms with Gasteiger partial charge in [-0.15, -0.1) is 0 Å². The Kier molecular flexibility index (Phi) is 13.2. The van der Waals surface area contributed by atoms with Gasteiger partial charge in [0.1, 0.15) is 23.9 Å². The zero-order chi connectivity index (χ0) is 29.7. The molecule has 0 radical (unpaired) electrons. The van der Waals surface area contributed by atoms with E-state index in [1.54, 1.807) is 26.0 Å². The number of carboxylic acids is 2. The molecule has 1 rings (SSSR count). The molecule has 15 heteroatoms. The lowest BCUT2D eigenvalue weighted by molar-refractivity contribution is -0.143. The monoisotopic (exact) mass is 551 g/mol. The zero-order valence-corrected chi connectivity index (χ0v) is 21.8. The summed E-state index contributed by atoms with van der Waals surface area (Å²) in [6.07, 6.45) is -0.485. The summed E-state index contributed by atoms with van der Waals surface area (Å²) >= 11 is 0. The van der Waals surface area contributed by atoms with E-state index in [1.165, 1.54) is 12.1 Å². The zero-order valence-electron chi connectivity index (χ0n) is 21.8. The van der Waals surface area contributed by atoms with Crippen LogP contribution in [0.5, 0.6) is 5.75 Å². The number of benzene rings is 1. The molecule has 1 aromatic carbocycles. The van der Waals surface area contributed by atoms with Gasteiger partial charge >= 0.3 is 11.9 Å². The van der Waals surface area contributed by atoms with Crippen molar-refractivity contribution in [3.63, 3.8) is 0 Å². The van der Waals surface area contributed by atoms with Crippen LogP contribution in [0.2, 0.25) is 0 Å². The normalized spacial score (nSPS) is 13.8. The van der Waals surface area contributed by atoms with Crippen LogP contribution in [0.25, 0.3) is 0 Å². The summed E-state index contributed by atoms with van der Waals surface area (Å²) in [5.74, 6) is -5.92. The minimum Gasteiger partial charge on any atom is -0.508 e. The minimum atomic E-state index is -1.57. The summed E-state index contributed by atoms with van der Waals surface area (Å²) in [7, 11) is 0. The molecule has 4 unspecified atom stereocenters. The van der Waals surface area contributed by atoms with E-state index in [4.69, 9.17) is 17.2 Å². The molecule has 0 spiro atoms. The minimum absolute atomic E-state index is 0.00717. The van der Waals surface area contributed by atoms with E-state index in [9.17, 15) is 39.3 Å². The molecule has 0 saturated heterocycles. The first kappa shape index (κ1) is 32.6. The average molecular weight is 552 g/mol. The molecule has 39 heavy (non-hydrogen) atoms. The van der Waals surface area contributed by atoms with Crippen molar-refractivity contribution in [3.05, 3.63) is 29.8 Å². The Labute approximate surface area is 225 Å². The highest BCUT2D eigenvalue weighted by Gasteiger charge is 2.32. The maximum atomic E-state index is 13.0. The van der Waals surface area contributed by atoms with Crippen LogP contribution in [0, 0.1) is 5.92 Å². The number of carbonyl (C=O) groups is 5. The van der Waals surface area contributed by atoms with Crippen molar-refractivity contribution >= 4 is 35.6 Å². The van der Waals surface area contributed by atoms with E-state index in [2.05, 4.69) is 20.9 Å². The summed E-state index contributed by atoms with van der Waals surface area (Å²) in [6.45, 7) is 3.34. The highest BCUT2D eigenvalue weighted by atomic mass is 16.4. The van der Waals surface area contributed by atoms with Crippen LogP contribution in [0.3, 0.4) is 0 Å². The van der Waals surface area contributed by atoms with Gasteiger partial charge in [-0.25, -0.2) is 4.79 Å². The van der Waals surface area contributed by atoms with Gasteiger partial charge in [0.25, 0.3) is 0 Å². The van der Waals surface area contributed by atoms with Crippen molar-refractivity contribution in [2.45, 2.75) is 63.7 Å². The molecular formula is C24H37N7O8. The number of phenols is 1. The SMILES string of the molecule is CC(C)C(NC(=O)C(CC(=O)O)NC(=O)C(N)Cc1ccc(O)cc1)C(=O)NC(CCCN=C(N)N)C(=O)O. The van der Waals surface area contributed by atoms with Gasteiger partial charge in [0.05, 0.1) is 12.5 Å². The summed E-state index contributed by atoms with van der Waals surface area (Å²) in [6, 6.07) is 0.700. The Morgan fingerprint density at radius 3 is 2.00 bits per heavy atom. The first-order valence-electron chi connectivity index (χ1n) is 12.2. The number of aliphatic imine (C=N–C) groups is 1. The second kappa shape index (κ2) is 15.8. The lowest BCUT2D eigenvalue weighted by Crippen LogP contribution is -2.58. The number of amides is 3. The number of carboxylic acid groups (broad SMARTS) is 2. The topological polar surface area (TPSA) is 273 Å². The number of hydrogen-bond donors (Lipinski definition) is 9. The standard InChI is InChI=1S/C24H37N7O8/c1-12(2)19(22(37)29-16(23(38)39)4-3-9-28-24(26)27)31-21(36)17(11-18(33)34)30-20(35)15(25)10-13-5-7-14(32)8-6-13/h5-8,12,15-17,19,32H,3-4,9-11,25H2,1-2H3,(H,29,37)(H,30,35)(H,31,36)(H,33,34)(H,38,39)(H4,26,27,28). The van der Waals surface area contributed by atoms with Crippen molar-refractivity contribution in [1.29, 1.82) is 0 Å². The Balaban J connectivity index is 2.90. The molecule has 3 amide bonds. The fourth-order valence-electron chi connectivity index (χ4n) is 3.45. The van der Waals surface area contributed by atoms with Gasteiger partial charge in [-0.3, -0.25) is 24.2 Å². The van der Waals surface area contributed by atoms with E-state index in [-0.39, 0.29) is 37.5 Å². The number of aromatic hydroxyl groups is 1. The molecule has 0 aromatic heterocycles. The Hall–Kier alpha value is -4.40. The smallest absolute Gasteiger partial charge is 0.326 e. The van der Waals surface area contributed by atoms with E-state index in [1.807, 2.05) is 0 Å². The van der Waals surface area contributed by atoms with Gasteiger partial charge in [0, 0.05) is 6.54 Å². The third kappa shape index (κ3) is 12.1. The van der Waals surface area contributed by atoms with Crippen LogP contribution in [0.15, 0.2) is 29.3 Å². The fraction of sp³-hybridized carbons (Fsp3) is 0.500. The van der Waals surface area contributed by atoms with E-state index < -0.39 is 66.2 Å². The summed E-state index contributed by atoms with van der Waals surface area (Å²) in [5, 5.41) is 35.2. The quantitative estimate of drug-likeness (QED) is 0.0614. The first-order chi connectivity index (χ1) is 18.2. The highest BCUT2D eigenvalue weighted by molar-refractivity contribution is 5.95. The molecule has 0 aliphatic rings. The van der Waals surface area contributed by atoms with Crippen molar-refractivity contribution in [2.24, 2.45) is 28.1 Å². The summed E-state index contributed by atoms with van der Waals surface area (Å²) in [5.41, 5.74) is 17.0. The number of hydrogen-bond acceptors (Lipinski definition) is 8. The van der Waals surface area contributed by atoms with E-state index in [0.717, 1.165) is 0 Å². The number of guanidine groups is 1. The van der Waals surface area contributed by atoms with E-state index in [0.29, 0.717) is 5.56 Å². The molecule has 15 nitrogen and oxygen atoms in total. The third-order valence-corrected chi connectivity index (χ3v) is 5.55. The first-order valence-corrected chi connectivity index (χ1v) is 12.2. The van der Waals surface area contributed by atoms with Crippen LogP contribution < -0.4 is 33.2 Å². The van der Waals surface area contributed by atoms with Crippen LogP contribution in [0.1, 0.15) is 38.7 Å². The number of nitrogens with one attached hydrogen (secondary N) is 3. The molecule has 4 atom stereocenters. The average Bonchev–Trinajstić information content (AvgIpc) is 2.84. The molecule has 0 heterocycles. The van der Waals surface area contributed by atoms with Crippen LogP contribution in [0.4, 0.5) is 0 Å². The number of carbonyl (C=O) groups excluding carboxylic acids is 3. The van der Waals surface area contributed by atoms with Gasteiger partial charge in [0.15, 0.2) is 5.96 Å². The largest absolute Gasteiger partial charge is 0.508 e. The molecule has 12 N–H and O–H groups in total. The Morgan fingerprint density at radius 1 is 0.897 bits per heavy atom. The van der Waals surface area contributed by atoms with Gasteiger partial charge in [-0.05, 0) is 42.9 Å². The van der Waals surface area contributed by atoms with Crippen LogP contribution in [-0.4, -0.2) is 81.7 Å². The number of rotatable bonds is 16. The van der Waals surface area contributed by atoms with Crippen LogP contribution >= 0.6 is 0 Å². The predicted molar refractivity (Wildman–Crippen MR) is 140 cm³/mol. The maximum absolute atomic E-state index is 13.0. The maximum Gasteiger partial charge on any atom is 0.326 e. The lowest BCUT2D eigenvalue weighted by atomic mass is 10.0. The van der Waals surface area contributed by atoms with E-state index >= 15 is 0 Å². The highest BCUT2D eigenvalue weighted by Crippen LogP contribution is 2.11. The van der Waals surface area contributed by atoms with Crippen molar-refractivity contribution in [3.8, 4) is 5.75 Å². The fourth-order valence-corrected chi connectivity index (χ4v) is 3.45. The second-order valence-corrected chi connectivity index (χ2v) is 9.21. The van der Waals surface area contributed by atoms with Gasteiger partial charge < -0.3 is 48.5 Å². The molecule has 0 aliphatic carbocycles. The number of phenolic OH excluding ortho intramolecular Hbond substituents is 1. The van der Waals surface area contributed by atoms with Crippen molar-refractivity contribution in [1.82, 2.24) is 16.0 Å². The summed E-state index contributed by atoms with van der Waals surface area (Å²) in [4.78, 5) is 65.2. The number of nitrogens with two attached hydrogens (primary N) is 3. The molecule has 0 saturated carbocycles. The van der Waals surface area contributed by atoms with Crippen molar-refractivity contribution in [2.75, 3.05) is 6.54 Å². The third-order valence-electron chi connectivity index (χ3n) is 5.55. The second-order valence-electron chi connectivity index (χ2n) is 9.21. The van der Waals surface area contributed by atoms with Crippen molar-refractivity contribution < 1.29 is 39.3 Å². The molecular weight excluding hydrogens is 514 g/mol. The number of nitrogens with zero attached hydrogens (tertiary/aromatic N) is 1. The molecule has 1 aromatic rings. The Bertz CT molecular complexity index is 1040. The summed E-state index contributed by atoms with van der Waals surface area (Å²) < 4.78 is 0. The van der Waals surface area contributed by atoms with Gasteiger partial charge in [-0.1, -0.05) is 26.0 Å². The van der Waals surface area contributed by atoms with Gasteiger partial charge in [0.2, 0.25) is 17.7 Å². The Morgan fingerprint density at radius 2 is 1.49 bits per heavy atom. The number of aliphatic carboxylic acids is 2. The van der Waals surface area contributed by atoms with Gasteiger partial charge in [-0.2, -0.15) is 0 Å². The molecule has 0 fully saturated rings.